The zero-order chi connectivity index (χ0) is 15.9. The number of nitrogens with one attached hydrogen (secondary N) is 1. The molecule has 1 aromatic heterocycles. The maximum Gasteiger partial charge on any atom is 0.328 e. The summed E-state index contributed by atoms with van der Waals surface area (Å²) in [6.07, 6.45) is 1.07. The largest absolute Gasteiger partial charge is 0.328 e. The molecule has 0 bridgehead atoms. The second-order valence-corrected chi connectivity index (χ2v) is 7.18. The average Bonchev–Trinajstić information content (AvgIpc) is 2.65. The lowest BCUT2D eigenvalue weighted by atomic mass is 9.78. The molecule has 1 unspecified atom stereocenters. The molecular formula is C16H24BrN3O. The molecule has 4 nitrogen and oxygen atoms in total. The first-order valence-corrected chi connectivity index (χ1v) is 8.06. The SMILES string of the molecule is CCC(C)(C)C(NC)c1cc2c(cc1Br)n(C)c(=O)n2C. The van der Waals surface area contributed by atoms with Crippen LogP contribution in [0.15, 0.2) is 21.4 Å². The van der Waals surface area contributed by atoms with Crippen LogP contribution in [-0.2, 0) is 14.1 Å². The maximum absolute atomic E-state index is 12.1. The molecule has 0 spiro atoms. The summed E-state index contributed by atoms with van der Waals surface area (Å²) in [4.78, 5) is 12.1. The fraction of sp³-hybridized carbons (Fsp3) is 0.562. The molecule has 0 aliphatic rings. The van der Waals surface area contributed by atoms with Crippen molar-refractivity contribution in [3.8, 4) is 0 Å². The van der Waals surface area contributed by atoms with Crippen molar-refractivity contribution in [2.75, 3.05) is 7.05 Å². The van der Waals surface area contributed by atoms with E-state index in [2.05, 4.69) is 48.1 Å². The van der Waals surface area contributed by atoms with Gasteiger partial charge in [0.2, 0.25) is 0 Å². The van der Waals surface area contributed by atoms with E-state index in [1.807, 2.05) is 27.2 Å². The molecule has 0 saturated carbocycles. The second-order valence-electron chi connectivity index (χ2n) is 6.33. The Bertz CT molecular complexity index is 727. The minimum absolute atomic E-state index is 0.00445. The zero-order valence-electron chi connectivity index (χ0n) is 13.6. The summed E-state index contributed by atoms with van der Waals surface area (Å²) < 4.78 is 4.43. The summed E-state index contributed by atoms with van der Waals surface area (Å²) in [5.41, 5.74) is 3.23. The van der Waals surface area contributed by atoms with E-state index in [4.69, 9.17) is 0 Å². The number of halogens is 1. The highest BCUT2D eigenvalue weighted by atomic mass is 79.9. The Kier molecular flexibility index (Phi) is 4.36. The molecule has 1 N–H and O–H groups in total. The zero-order valence-corrected chi connectivity index (χ0v) is 15.2. The first-order valence-electron chi connectivity index (χ1n) is 7.26. The number of aromatic nitrogens is 2. The molecule has 0 saturated heterocycles. The second kappa shape index (κ2) is 5.61. The highest BCUT2D eigenvalue weighted by Gasteiger charge is 2.30. The molecule has 0 radical (unpaired) electrons. The molecule has 1 atom stereocenters. The van der Waals surface area contributed by atoms with Gasteiger partial charge < -0.3 is 5.32 Å². The number of fused-ring (bicyclic) bond motifs is 1. The van der Waals surface area contributed by atoms with Crippen molar-refractivity contribution in [1.29, 1.82) is 0 Å². The number of nitrogens with zero attached hydrogens (tertiary/aromatic N) is 2. The van der Waals surface area contributed by atoms with E-state index in [0.29, 0.717) is 0 Å². The van der Waals surface area contributed by atoms with Crippen molar-refractivity contribution in [2.45, 2.75) is 33.2 Å². The highest BCUT2D eigenvalue weighted by molar-refractivity contribution is 9.10. The Balaban J connectivity index is 2.73. The smallest absolute Gasteiger partial charge is 0.313 e. The molecule has 2 rings (SSSR count). The van der Waals surface area contributed by atoms with E-state index in [0.717, 1.165) is 21.9 Å². The van der Waals surface area contributed by atoms with Gasteiger partial charge in [0.05, 0.1) is 11.0 Å². The monoisotopic (exact) mass is 353 g/mol. The van der Waals surface area contributed by atoms with Crippen molar-refractivity contribution in [3.05, 3.63) is 32.7 Å². The Labute approximate surface area is 134 Å². The van der Waals surface area contributed by atoms with Gasteiger partial charge in [-0.3, -0.25) is 9.13 Å². The van der Waals surface area contributed by atoms with Crippen LogP contribution in [-0.4, -0.2) is 16.2 Å². The van der Waals surface area contributed by atoms with Crippen LogP contribution in [0.5, 0.6) is 0 Å². The topological polar surface area (TPSA) is 39.0 Å². The predicted octanol–water partition coefficient (Wildman–Crippen LogP) is 3.34. The molecule has 0 aliphatic heterocycles. The third-order valence-corrected chi connectivity index (χ3v) is 5.37. The predicted molar refractivity (Wildman–Crippen MR) is 91.7 cm³/mol. The van der Waals surface area contributed by atoms with E-state index in [1.54, 1.807) is 9.13 Å². The van der Waals surface area contributed by atoms with Gasteiger partial charge in [0.25, 0.3) is 0 Å². The Morgan fingerprint density at radius 1 is 1.24 bits per heavy atom. The van der Waals surface area contributed by atoms with E-state index in [-0.39, 0.29) is 17.1 Å². The minimum Gasteiger partial charge on any atom is -0.313 e. The first-order chi connectivity index (χ1) is 9.74. The van der Waals surface area contributed by atoms with E-state index in [1.165, 1.54) is 5.56 Å². The third-order valence-electron chi connectivity index (χ3n) is 4.68. The van der Waals surface area contributed by atoms with Gasteiger partial charge >= 0.3 is 5.69 Å². The molecular weight excluding hydrogens is 330 g/mol. The van der Waals surface area contributed by atoms with Crippen molar-refractivity contribution in [3.63, 3.8) is 0 Å². The quantitative estimate of drug-likeness (QED) is 0.915. The average molecular weight is 354 g/mol. The van der Waals surface area contributed by atoms with Crippen LogP contribution in [0.3, 0.4) is 0 Å². The van der Waals surface area contributed by atoms with Crippen molar-refractivity contribution in [1.82, 2.24) is 14.5 Å². The van der Waals surface area contributed by atoms with Gasteiger partial charge in [0.15, 0.2) is 0 Å². The molecule has 0 fully saturated rings. The summed E-state index contributed by atoms with van der Waals surface area (Å²) in [6, 6.07) is 4.39. The lowest BCUT2D eigenvalue weighted by Crippen LogP contribution is -2.31. The van der Waals surface area contributed by atoms with Gasteiger partial charge in [-0.2, -0.15) is 0 Å². The maximum atomic E-state index is 12.1. The fourth-order valence-corrected chi connectivity index (χ4v) is 3.49. The standard InChI is InChI=1S/C16H24BrN3O/c1-7-16(2,3)14(18-4)10-8-12-13(9-11(10)17)20(6)15(21)19(12)5/h8-9,14,18H,7H2,1-6H3. The number of imidazole rings is 1. The molecule has 0 aliphatic carbocycles. The van der Waals surface area contributed by atoms with Gasteiger partial charge in [-0.1, -0.05) is 36.7 Å². The highest BCUT2D eigenvalue weighted by Crippen LogP contribution is 2.40. The lowest BCUT2D eigenvalue weighted by Gasteiger charge is -2.34. The van der Waals surface area contributed by atoms with Gasteiger partial charge in [-0.15, -0.1) is 0 Å². The number of hydrogen-bond acceptors (Lipinski definition) is 2. The van der Waals surface area contributed by atoms with E-state index >= 15 is 0 Å². The molecule has 0 amide bonds. The Hall–Kier alpha value is -1.07. The Morgan fingerprint density at radius 3 is 2.24 bits per heavy atom. The van der Waals surface area contributed by atoms with Crippen LogP contribution in [0, 0.1) is 5.41 Å². The van der Waals surface area contributed by atoms with Gasteiger partial charge in [0, 0.05) is 24.6 Å². The van der Waals surface area contributed by atoms with Crippen molar-refractivity contribution < 1.29 is 0 Å². The molecule has 21 heavy (non-hydrogen) atoms. The first kappa shape index (κ1) is 16.3. The summed E-state index contributed by atoms with van der Waals surface area (Å²) in [6.45, 7) is 6.72. The van der Waals surface area contributed by atoms with Crippen molar-refractivity contribution in [2.24, 2.45) is 19.5 Å². The van der Waals surface area contributed by atoms with Gasteiger partial charge in [-0.05, 0) is 36.6 Å². The number of rotatable bonds is 4. The van der Waals surface area contributed by atoms with Crippen LogP contribution in [0.4, 0.5) is 0 Å². The van der Waals surface area contributed by atoms with Gasteiger partial charge in [0.1, 0.15) is 0 Å². The summed E-state index contributed by atoms with van der Waals surface area (Å²) in [7, 11) is 5.62. The van der Waals surface area contributed by atoms with E-state index in [9.17, 15) is 4.79 Å². The number of benzene rings is 1. The van der Waals surface area contributed by atoms with Crippen LogP contribution < -0.4 is 11.0 Å². The fourth-order valence-electron chi connectivity index (χ4n) is 2.93. The van der Waals surface area contributed by atoms with Crippen LogP contribution >= 0.6 is 15.9 Å². The number of aryl methyl sites for hydroxylation is 2. The molecule has 5 heteroatoms. The molecule has 2 aromatic rings. The van der Waals surface area contributed by atoms with E-state index < -0.39 is 0 Å². The lowest BCUT2D eigenvalue weighted by molar-refractivity contribution is 0.245. The normalized spacial score (nSPS) is 13.9. The van der Waals surface area contributed by atoms with Crippen LogP contribution in [0.2, 0.25) is 0 Å². The summed E-state index contributed by atoms with van der Waals surface area (Å²) in [5, 5.41) is 3.43. The van der Waals surface area contributed by atoms with Crippen LogP contribution in [0.1, 0.15) is 38.8 Å². The minimum atomic E-state index is 0.00445. The van der Waals surface area contributed by atoms with Crippen molar-refractivity contribution >= 4 is 27.0 Å². The van der Waals surface area contributed by atoms with Gasteiger partial charge in [-0.25, -0.2) is 4.79 Å². The van der Waals surface area contributed by atoms with Crippen LogP contribution in [0.25, 0.3) is 11.0 Å². The Morgan fingerprint density at radius 2 is 1.76 bits per heavy atom. The number of hydrogen-bond donors (Lipinski definition) is 1. The summed E-state index contributed by atoms with van der Waals surface area (Å²) in [5.74, 6) is 0. The molecule has 116 valence electrons. The molecule has 1 aromatic carbocycles. The summed E-state index contributed by atoms with van der Waals surface area (Å²) >= 11 is 3.68. The molecule has 1 heterocycles. The third kappa shape index (κ3) is 2.57.